The van der Waals surface area contributed by atoms with Crippen molar-refractivity contribution in [2.24, 2.45) is 11.8 Å². The molecule has 1 amide bonds. The topological polar surface area (TPSA) is 84.4 Å². The van der Waals surface area contributed by atoms with Crippen LogP contribution >= 0.6 is 11.3 Å². The van der Waals surface area contributed by atoms with Crippen LogP contribution in [0.2, 0.25) is 0 Å². The molecule has 0 unspecified atom stereocenters. The Hall–Kier alpha value is -2.87. The van der Waals surface area contributed by atoms with E-state index in [1.165, 1.54) is 22.3 Å². The van der Waals surface area contributed by atoms with Crippen LogP contribution in [0.5, 0.6) is 5.75 Å². The van der Waals surface area contributed by atoms with Crippen LogP contribution < -0.4 is 16.0 Å². The van der Waals surface area contributed by atoms with E-state index in [2.05, 4.69) is 11.9 Å². The Kier molecular flexibility index (Phi) is 5.41. The molecule has 3 aromatic rings. The number of H-pyrrole nitrogens is 1. The lowest BCUT2D eigenvalue weighted by molar-refractivity contribution is -0.138. The molecule has 7 nitrogen and oxygen atoms in total. The normalized spacial score (nSPS) is 20.9. The van der Waals surface area contributed by atoms with Crippen molar-refractivity contribution in [1.82, 2.24) is 14.5 Å². The van der Waals surface area contributed by atoms with E-state index in [1.807, 2.05) is 4.90 Å². The molecule has 32 heavy (non-hydrogen) atoms. The van der Waals surface area contributed by atoms with E-state index in [0.717, 1.165) is 29.7 Å². The number of nitrogens with zero attached hydrogens (tertiary/aromatic N) is 2. The van der Waals surface area contributed by atoms with E-state index in [4.69, 9.17) is 4.74 Å². The van der Waals surface area contributed by atoms with Crippen LogP contribution in [-0.2, 0) is 17.8 Å². The molecule has 1 N–H and O–H groups in total. The highest BCUT2D eigenvalue weighted by molar-refractivity contribution is 7.18. The van der Waals surface area contributed by atoms with Crippen molar-refractivity contribution in [1.29, 1.82) is 0 Å². The van der Waals surface area contributed by atoms with Crippen molar-refractivity contribution >= 4 is 27.5 Å². The fourth-order valence-corrected chi connectivity index (χ4v) is 6.41. The van der Waals surface area contributed by atoms with Gasteiger partial charge in [0.1, 0.15) is 10.6 Å². The Bertz CT molecular complexity index is 1300. The van der Waals surface area contributed by atoms with Gasteiger partial charge < -0.3 is 9.64 Å². The number of rotatable bonds is 3. The van der Waals surface area contributed by atoms with Gasteiger partial charge in [0.2, 0.25) is 5.91 Å². The van der Waals surface area contributed by atoms with Crippen molar-refractivity contribution in [3.63, 3.8) is 0 Å². The second-order valence-corrected chi connectivity index (χ2v) is 10.1. The molecule has 1 aliphatic carbocycles. The third-order valence-corrected chi connectivity index (χ3v) is 7.94. The number of methoxy groups -OCH3 is 1. The summed E-state index contributed by atoms with van der Waals surface area (Å²) in [7, 11) is 1.55. The van der Waals surface area contributed by atoms with Crippen LogP contribution in [0, 0.1) is 11.8 Å². The van der Waals surface area contributed by atoms with Crippen molar-refractivity contribution in [3.05, 3.63) is 55.5 Å². The molecule has 8 heteroatoms. The van der Waals surface area contributed by atoms with Crippen LogP contribution in [0.3, 0.4) is 0 Å². The molecule has 0 radical (unpaired) electrons. The van der Waals surface area contributed by atoms with Gasteiger partial charge in [0.25, 0.3) is 5.56 Å². The van der Waals surface area contributed by atoms with Gasteiger partial charge in [-0.2, -0.15) is 0 Å². The number of benzene rings is 1. The van der Waals surface area contributed by atoms with Crippen molar-refractivity contribution in [2.75, 3.05) is 13.7 Å². The summed E-state index contributed by atoms with van der Waals surface area (Å²) in [5, 5.41) is 0.561. The number of thiophene rings is 1. The maximum atomic E-state index is 13.4. The smallest absolute Gasteiger partial charge is 0.334 e. The minimum Gasteiger partial charge on any atom is -0.497 e. The fourth-order valence-electron chi connectivity index (χ4n) is 5.16. The van der Waals surface area contributed by atoms with Crippen molar-refractivity contribution in [3.8, 4) is 11.4 Å². The van der Waals surface area contributed by atoms with Crippen LogP contribution in [0.15, 0.2) is 33.9 Å². The number of carbonyl (C=O) groups excluding carboxylic acids is 1. The van der Waals surface area contributed by atoms with Gasteiger partial charge in [0.15, 0.2) is 0 Å². The van der Waals surface area contributed by atoms with Gasteiger partial charge in [-0.05, 0) is 42.9 Å². The number of carbonyl (C=O) groups is 1. The minimum absolute atomic E-state index is 0.111. The first-order chi connectivity index (χ1) is 15.5. The molecule has 0 bridgehead atoms. The monoisotopic (exact) mass is 453 g/mol. The van der Waals surface area contributed by atoms with E-state index in [0.29, 0.717) is 47.1 Å². The quantitative estimate of drug-likeness (QED) is 0.658. The summed E-state index contributed by atoms with van der Waals surface area (Å²) in [6, 6.07) is 6.91. The van der Waals surface area contributed by atoms with Gasteiger partial charge in [-0.15, -0.1) is 11.3 Å². The van der Waals surface area contributed by atoms with Gasteiger partial charge in [0.05, 0.1) is 24.7 Å². The molecule has 0 saturated heterocycles. The zero-order valence-electron chi connectivity index (χ0n) is 18.3. The number of hydrogen-bond acceptors (Lipinski definition) is 5. The molecule has 3 heterocycles. The standard InChI is InChI=1S/C24H27N3O4S/c1-14-5-3-6-15(11-14)22(28)26-10-9-18-19(13-26)32-21-20(18)23(29)27(24(30)25-21)16-7-4-8-17(12-16)31-2/h4,7-8,12,14-15H,3,5-6,9-11,13H2,1-2H3,(H,25,30)/t14-,15-/m0/s1. The minimum atomic E-state index is -0.474. The second kappa shape index (κ2) is 8.24. The highest BCUT2D eigenvalue weighted by Gasteiger charge is 2.32. The van der Waals surface area contributed by atoms with E-state index in [-0.39, 0.29) is 17.4 Å². The number of hydrogen-bond donors (Lipinski definition) is 1. The number of nitrogens with one attached hydrogen (secondary N) is 1. The largest absolute Gasteiger partial charge is 0.497 e. The molecular weight excluding hydrogens is 426 g/mol. The molecule has 5 rings (SSSR count). The first-order valence-electron chi connectivity index (χ1n) is 11.2. The van der Waals surface area contributed by atoms with E-state index in [9.17, 15) is 14.4 Å². The predicted molar refractivity (Wildman–Crippen MR) is 125 cm³/mol. The predicted octanol–water partition coefficient (Wildman–Crippen LogP) is 3.46. The van der Waals surface area contributed by atoms with Crippen LogP contribution in [0.1, 0.15) is 43.0 Å². The lowest BCUT2D eigenvalue weighted by Gasteiger charge is -2.33. The summed E-state index contributed by atoms with van der Waals surface area (Å²) in [6.07, 6.45) is 4.88. The van der Waals surface area contributed by atoms with E-state index in [1.54, 1.807) is 31.4 Å². The Balaban J connectivity index is 1.51. The number of ether oxygens (including phenoxy) is 1. The molecule has 1 aliphatic heterocycles. The van der Waals surface area contributed by atoms with Crippen molar-refractivity contribution < 1.29 is 9.53 Å². The Labute approximate surface area is 189 Å². The Morgan fingerprint density at radius 1 is 1.25 bits per heavy atom. The molecule has 1 fully saturated rings. The fraction of sp³-hybridized carbons (Fsp3) is 0.458. The highest BCUT2D eigenvalue weighted by Crippen LogP contribution is 2.35. The Morgan fingerprint density at radius 3 is 2.88 bits per heavy atom. The zero-order valence-corrected chi connectivity index (χ0v) is 19.2. The number of aromatic amines is 1. The summed E-state index contributed by atoms with van der Waals surface area (Å²) in [5.74, 6) is 1.52. The molecule has 1 saturated carbocycles. The average Bonchev–Trinajstić information content (AvgIpc) is 3.16. The average molecular weight is 454 g/mol. The third kappa shape index (κ3) is 3.56. The summed E-state index contributed by atoms with van der Waals surface area (Å²) in [5.41, 5.74) is 0.634. The van der Waals surface area contributed by atoms with Crippen LogP contribution in [0.25, 0.3) is 15.9 Å². The van der Waals surface area contributed by atoms with Gasteiger partial charge in [-0.25, -0.2) is 9.36 Å². The van der Waals surface area contributed by atoms with Gasteiger partial charge in [-0.1, -0.05) is 25.8 Å². The summed E-state index contributed by atoms with van der Waals surface area (Å²) >= 11 is 1.42. The lowest BCUT2D eigenvalue weighted by Crippen LogP contribution is -2.41. The molecule has 2 atom stereocenters. The lowest BCUT2D eigenvalue weighted by atomic mass is 9.81. The van der Waals surface area contributed by atoms with E-state index < -0.39 is 5.69 Å². The maximum absolute atomic E-state index is 13.4. The molecule has 2 aromatic heterocycles. The third-order valence-electron chi connectivity index (χ3n) is 6.81. The molecule has 2 aliphatic rings. The zero-order chi connectivity index (χ0) is 22.4. The molecular formula is C24H27N3O4S. The first kappa shape index (κ1) is 21.0. The van der Waals surface area contributed by atoms with E-state index >= 15 is 0 Å². The summed E-state index contributed by atoms with van der Waals surface area (Å²) in [6.45, 7) is 3.35. The van der Waals surface area contributed by atoms with Gasteiger partial charge >= 0.3 is 5.69 Å². The highest BCUT2D eigenvalue weighted by atomic mass is 32.1. The van der Waals surface area contributed by atoms with Crippen LogP contribution in [0.4, 0.5) is 0 Å². The molecule has 1 aromatic carbocycles. The maximum Gasteiger partial charge on any atom is 0.334 e. The van der Waals surface area contributed by atoms with Crippen molar-refractivity contribution in [2.45, 2.75) is 45.6 Å². The van der Waals surface area contributed by atoms with Gasteiger partial charge in [-0.3, -0.25) is 14.6 Å². The summed E-state index contributed by atoms with van der Waals surface area (Å²) in [4.78, 5) is 45.8. The summed E-state index contributed by atoms with van der Waals surface area (Å²) < 4.78 is 6.41. The number of fused-ring (bicyclic) bond motifs is 3. The Morgan fingerprint density at radius 2 is 2.09 bits per heavy atom. The van der Waals surface area contributed by atoms with Gasteiger partial charge in [0, 0.05) is 23.4 Å². The number of aromatic nitrogens is 2. The SMILES string of the molecule is COc1cccc(-n2c(=O)[nH]c3sc4c(c3c2=O)CCN(C(=O)[C@H]2CCC[C@H](C)C2)C4)c1. The van der Waals surface area contributed by atoms with Crippen LogP contribution in [-0.4, -0.2) is 34.0 Å². The molecule has 0 spiro atoms. The number of amides is 1. The second-order valence-electron chi connectivity index (χ2n) is 8.96. The molecule has 168 valence electrons. The first-order valence-corrected chi connectivity index (χ1v) is 12.0.